The number of hydrogen-bond donors (Lipinski definition) is 0. The summed E-state index contributed by atoms with van der Waals surface area (Å²) in [6.07, 6.45) is 5.60. The van der Waals surface area contributed by atoms with Crippen LogP contribution in [0.25, 0.3) is 10.8 Å². The van der Waals surface area contributed by atoms with Gasteiger partial charge >= 0.3 is 0 Å². The van der Waals surface area contributed by atoms with Crippen molar-refractivity contribution in [1.82, 2.24) is 0 Å². The standard InChI is InChI=1S/C16H18/c1-12-10-15(13-6-2-3-7-13)11-14-8-4-5-9-16(12)14/h4-5,8-11,13H,2-3,6-7H2,1H3. The monoisotopic (exact) mass is 210 g/mol. The Kier molecular flexibility index (Phi) is 2.43. The number of benzene rings is 2. The molecular weight excluding hydrogens is 192 g/mol. The minimum Gasteiger partial charge on any atom is -0.0616 e. The highest BCUT2D eigenvalue weighted by Crippen LogP contribution is 2.36. The third-order valence-electron chi connectivity index (χ3n) is 3.92. The van der Waals surface area contributed by atoms with Crippen LogP contribution in [0.2, 0.25) is 0 Å². The number of aryl methyl sites for hydroxylation is 1. The molecule has 16 heavy (non-hydrogen) atoms. The van der Waals surface area contributed by atoms with Crippen LogP contribution in [0.15, 0.2) is 36.4 Å². The maximum absolute atomic E-state index is 2.40. The van der Waals surface area contributed by atoms with Crippen LogP contribution in [0.5, 0.6) is 0 Å². The fourth-order valence-corrected chi connectivity index (χ4v) is 3.03. The van der Waals surface area contributed by atoms with E-state index in [0.717, 1.165) is 5.92 Å². The lowest BCUT2D eigenvalue weighted by Gasteiger charge is -2.12. The minimum absolute atomic E-state index is 0.823. The SMILES string of the molecule is Cc1cc(C2CCCC2)cc2ccccc12. The first-order chi connectivity index (χ1) is 7.84. The summed E-state index contributed by atoms with van der Waals surface area (Å²) in [6.45, 7) is 2.24. The molecule has 0 nitrogen and oxygen atoms in total. The van der Waals surface area contributed by atoms with Crippen LogP contribution < -0.4 is 0 Å². The van der Waals surface area contributed by atoms with Gasteiger partial charge in [0, 0.05) is 0 Å². The first-order valence-electron chi connectivity index (χ1n) is 6.34. The zero-order valence-electron chi connectivity index (χ0n) is 9.87. The Bertz CT molecular complexity index is 504. The molecule has 0 atom stereocenters. The van der Waals surface area contributed by atoms with E-state index in [4.69, 9.17) is 0 Å². The molecule has 2 aromatic rings. The smallest absolute Gasteiger partial charge is 0.0155 e. The molecule has 82 valence electrons. The fourth-order valence-electron chi connectivity index (χ4n) is 3.03. The summed E-state index contributed by atoms with van der Waals surface area (Å²) in [7, 11) is 0. The summed E-state index contributed by atoms with van der Waals surface area (Å²) < 4.78 is 0. The molecule has 0 heterocycles. The highest BCUT2D eigenvalue weighted by Gasteiger charge is 2.17. The molecule has 0 aromatic heterocycles. The maximum atomic E-state index is 2.40. The number of rotatable bonds is 1. The van der Waals surface area contributed by atoms with Crippen molar-refractivity contribution in [3.8, 4) is 0 Å². The summed E-state index contributed by atoms with van der Waals surface area (Å²) in [5.41, 5.74) is 2.99. The third-order valence-corrected chi connectivity index (χ3v) is 3.92. The predicted octanol–water partition coefficient (Wildman–Crippen LogP) is 4.81. The van der Waals surface area contributed by atoms with E-state index >= 15 is 0 Å². The molecule has 0 spiro atoms. The third kappa shape index (κ3) is 1.63. The zero-order valence-corrected chi connectivity index (χ0v) is 9.87. The van der Waals surface area contributed by atoms with Gasteiger partial charge in [-0.15, -0.1) is 0 Å². The van der Waals surface area contributed by atoms with Gasteiger partial charge in [-0.1, -0.05) is 49.2 Å². The topological polar surface area (TPSA) is 0 Å². The summed E-state index contributed by atoms with van der Waals surface area (Å²) in [5, 5.41) is 2.81. The fraction of sp³-hybridized carbons (Fsp3) is 0.375. The van der Waals surface area contributed by atoms with Crippen molar-refractivity contribution in [2.45, 2.75) is 38.5 Å². The van der Waals surface area contributed by atoms with Crippen LogP contribution in [0.4, 0.5) is 0 Å². The van der Waals surface area contributed by atoms with Crippen molar-refractivity contribution in [2.75, 3.05) is 0 Å². The van der Waals surface area contributed by atoms with Crippen molar-refractivity contribution in [2.24, 2.45) is 0 Å². The average molecular weight is 210 g/mol. The van der Waals surface area contributed by atoms with Gasteiger partial charge in [-0.25, -0.2) is 0 Å². The van der Waals surface area contributed by atoms with Gasteiger partial charge in [0.2, 0.25) is 0 Å². The summed E-state index contributed by atoms with van der Waals surface area (Å²) >= 11 is 0. The van der Waals surface area contributed by atoms with Crippen molar-refractivity contribution < 1.29 is 0 Å². The molecule has 0 amide bonds. The van der Waals surface area contributed by atoms with Gasteiger partial charge in [0.05, 0.1) is 0 Å². The lowest BCUT2D eigenvalue weighted by atomic mass is 9.93. The Hall–Kier alpha value is -1.30. The highest BCUT2D eigenvalue weighted by molar-refractivity contribution is 5.86. The molecule has 2 aromatic carbocycles. The molecule has 1 aliphatic rings. The Morgan fingerprint density at radius 3 is 2.56 bits per heavy atom. The van der Waals surface area contributed by atoms with Gasteiger partial charge in [-0.2, -0.15) is 0 Å². The van der Waals surface area contributed by atoms with Gasteiger partial charge in [-0.05, 0) is 47.6 Å². The van der Waals surface area contributed by atoms with E-state index in [2.05, 4.69) is 43.3 Å². The van der Waals surface area contributed by atoms with Gasteiger partial charge < -0.3 is 0 Å². The Morgan fingerprint density at radius 1 is 1.00 bits per heavy atom. The van der Waals surface area contributed by atoms with Crippen LogP contribution in [0, 0.1) is 6.92 Å². The van der Waals surface area contributed by atoms with E-state index in [1.54, 1.807) is 5.56 Å². The zero-order chi connectivity index (χ0) is 11.0. The Morgan fingerprint density at radius 2 is 1.75 bits per heavy atom. The first-order valence-corrected chi connectivity index (χ1v) is 6.34. The van der Waals surface area contributed by atoms with Crippen molar-refractivity contribution in [1.29, 1.82) is 0 Å². The minimum atomic E-state index is 0.823. The largest absolute Gasteiger partial charge is 0.0616 e. The van der Waals surface area contributed by atoms with Crippen LogP contribution in [-0.2, 0) is 0 Å². The average Bonchev–Trinajstić information content (AvgIpc) is 2.82. The van der Waals surface area contributed by atoms with Gasteiger partial charge in [0.15, 0.2) is 0 Å². The summed E-state index contributed by atoms with van der Waals surface area (Å²) in [6, 6.07) is 13.5. The second-order valence-corrected chi connectivity index (χ2v) is 5.04. The van der Waals surface area contributed by atoms with Crippen LogP contribution in [0.1, 0.15) is 42.7 Å². The van der Waals surface area contributed by atoms with Gasteiger partial charge in [-0.3, -0.25) is 0 Å². The Labute approximate surface area is 97.3 Å². The van der Waals surface area contributed by atoms with E-state index in [0.29, 0.717) is 0 Å². The van der Waals surface area contributed by atoms with Crippen LogP contribution >= 0.6 is 0 Å². The molecule has 1 saturated carbocycles. The molecule has 0 radical (unpaired) electrons. The lowest BCUT2D eigenvalue weighted by molar-refractivity contribution is 0.724. The summed E-state index contributed by atoms with van der Waals surface area (Å²) in [4.78, 5) is 0. The molecule has 0 aliphatic heterocycles. The van der Waals surface area contributed by atoms with Crippen molar-refractivity contribution in [3.63, 3.8) is 0 Å². The normalized spacial score (nSPS) is 17.1. The molecule has 3 rings (SSSR count). The van der Waals surface area contributed by atoms with Gasteiger partial charge in [0.25, 0.3) is 0 Å². The molecule has 0 saturated heterocycles. The molecular formula is C16H18. The van der Waals surface area contributed by atoms with E-state index in [1.807, 2.05) is 0 Å². The molecule has 0 N–H and O–H groups in total. The van der Waals surface area contributed by atoms with Crippen LogP contribution in [0.3, 0.4) is 0 Å². The quantitative estimate of drug-likeness (QED) is 0.634. The molecule has 1 aliphatic carbocycles. The lowest BCUT2D eigenvalue weighted by Crippen LogP contribution is -1.93. The predicted molar refractivity (Wildman–Crippen MR) is 69.9 cm³/mol. The molecule has 1 fully saturated rings. The van der Waals surface area contributed by atoms with E-state index in [9.17, 15) is 0 Å². The Balaban J connectivity index is 2.13. The van der Waals surface area contributed by atoms with Crippen molar-refractivity contribution in [3.05, 3.63) is 47.5 Å². The molecule has 0 unspecified atom stereocenters. The number of fused-ring (bicyclic) bond motifs is 1. The van der Waals surface area contributed by atoms with Crippen LogP contribution in [-0.4, -0.2) is 0 Å². The molecule has 0 bridgehead atoms. The second kappa shape index (κ2) is 3.93. The second-order valence-electron chi connectivity index (χ2n) is 5.04. The van der Waals surface area contributed by atoms with Gasteiger partial charge in [0.1, 0.15) is 0 Å². The van der Waals surface area contributed by atoms with E-state index in [-0.39, 0.29) is 0 Å². The maximum Gasteiger partial charge on any atom is -0.0155 e. The highest BCUT2D eigenvalue weighted by atomic mass is 14.2. The van der Waals surface area contributed by atoms with Crippen molar-refractivity contribution >= 4 is 10.8 Å². The summed E-state index contributed by atoms with van der Waals surface area (Å²) in [5.74, 6) is 0.823. The number of hydrogen-bond acceptors (Lipinski definition) is 0. The van der Waals surface area contributed by atoms with E-state index < -0.39 is 0 Å². The first kappa shape index (κ1) is 9.89. The van der Waals surface area contributed by atoms with E-state index in [1.165, 1.54) is 42.0 Å². The molecule has 0 heteroatoms.